The van der Waals surface area contributed by atoms with E-state index in [1.807, 2.05) is 6.26 Å². The Bertz CT molecular complexity index is 484. The standard InChI is InChI=1S/C13H17ClN2O3S/c1-20-7-6-10(15)12(17)16-11(13(18)19)8-4-2-3-5-9(8)14/h2-5,10-11H,6-7,15H2,1H3,(H,16,17)(H,18,19)/t10-,11-/m1/s1. The van der Waals surface area contributed by atoms with Crippen LogP contribution in [0.5, 0.6) is 0 Å². The zero-order valence-corrected chi connectivity index (χ0v) is 12.6. The molecule has 0 bridgehead atoms. The number of benzene rings is 1. The number of hydrogen-bond acceptors (Lipinski definition) is 4. The minimum atomic E-state index is -1.20. The molecule has 7 heteroatoms. The highest BCUT2D eigenvalue weighted by molar-refractivity contribution is 7.98. The second kappa shape index (κ2) is 8.14. The van der Waals surface area contributed by atoms with Crippen LogP contribution < -0.4 is 11.1 Å². The number of carbonyl (C=O) groups excluding carboxylic acids is 1. The fourth-order valence-electron chi connectivity index (χ4n) is 1.61. The second-order valence-corrected chi connectivity index (χ2v) is 5.58. The van der Waals surface area contributed by atoms with Crippen molar-refractivity contribution in [2.45, 2.75) is 18.5 Å². The van der Waals surface area contributed by atoms with Crippen LogP contribution in [0.25, 0.3) is 0 Å². The summed E-state index contributed by atoms with van der Waals surface area (Å²) in [6.07, 6.45) is 2.40. The average molecular weight is 317 g/mol. The number of carbonyl (C=O) groups is 2. The van der Waals surface area contributed by atoms with Crippen LogP contribution in [0.1, 0.15) is 18.0 Å². The molecule has 0 aliphatic rings. The van der Waals surface area contributed by atoms with E-state index in [1.165, 1.54) is 0 Å². The second-order valence-electron chi connectivity index (χ2n) is 4.19. The van der Waals surface area contributed by atoms with Crippen molar-refractivity contribution in [2.24, 2.45) is 5.73 Å². The van der Waals surface area contributed by atoms with E-state index in [2.05, 4.69) is 5.32 Å². The van der Waals surface area contributed by atoms with Gasteiger partial charge in [-0.25, -0.2) is 4.79 Å². The summed E-state index contributed by atoms with van der Waals surface area (Å²) in [5.41, 5.74) is 6.06. The van der Waals surface area contributed by atoms with Crippen LogP contribution in [-0.4, -0.2) is 35.0 Å². The molecular weight excluding hydrogens is 300 g/mol. The van der Waals surface area contributed by atoms with E-state index in [0.29, 0.717) is 12.0 Å². The average Bonchev–Trinajstić information content (AvgIpc) is 2.42. The minimum absolute atomic E-state index is 0.290. The molecule has 4 N–H and O–H groups in total. The number of carboxylic acids is 1. The van der Waals surface area contributed by atoms with Crippen LogP contribution in [0.3, 0.4) is 0 Å². The van der Waals surface area contributed by atoms with E-state index in [4.69, 9.17) is 17.3 Å². The fourth-order valence-corrected chi connectivity index (χ4v) is 2.34. The first-order chi connectivity index (χ1) is 9.47. The lowest BCUT2D eigenvalue weighted by Crippen LogP contribution is -2.44. The molecule has 110 valence electrons. The molecule has 5 nitrogen and oxygen atoms in total. The Labute approximate surface area is 126 Å². The van der Waals surface area contributed by atoms with Crippen molar-refractivity contribution in [2.75, 3.05) is 12.0 Å². The lowest BCUT2D eigenvalue weighted by atomic mass is 10.1. The zero-order chi connectivity index (χ0) is 15.1. The molecule has 1 amide bonds. The van der Waals surface area contributed by atoms with Crippen LogP contribution in [0, 0.1) is 0 Å². The van der Waals surface area contributed by atoms with Crippen LogP contribution in [-0.2, 0) is 9.59 Å². The molecule has 1 aromatic rings. The summed E-state index contributed by atoms with van der Waals surface area (Å²) in [7, 11) is 0. The monoisotopic (exact) mass is 316 g/mol. The van der Waals surface area contributed by atoms with Gasteiger partial charge in [-0.1, -0.05) is 29.8 Å². The molecule has 0 radical (unpaired) electrons. The number of carboxylic acid groups (broad SMARTS) is 1. The van der Waals surface area contributed by atoms with Gasteiger partial charge in [-0.3, -0.25) is 4.79 Å². The van der Waals surface area contributed by atoms with Crippen molar-refractivity contribution < 1.29 is 14.7 Å². The van der Waals surface area contributed by atoms with E-state index in [-0.39, 0.29) is 5.02 Å². The maximum absolute atomic E-state index is 11.9. The first-order valence-electron chi connectivity index (χ1n) is 5.99. The predicted molar refractivity (Wildman–Crippen MR) is 80.9 cm³/mol. The maximum atomic E-state index is 11.9. The number of amides is 1. The number of thioether (sulfide) groups is 1. The largest absolute Gasteiger partial charge is 0.479 e. The van der Waals surface area contributed by atoms with Crippen LogP contribution in [0.2, 0.25) is 5.02 Å². The summed E-state index contributed by atoms with van der Waals surface area (Å²) in [6.45, 7) is 0. The van der Waals surface area contributed by atoms with Crippen LogP contribution in [0.15, 0.2) is 24.3 Å². The van der Waals surface area contributed by atoms with Crippen molar-refractivity contribution in [1.82, 2.24) is 5.32 Å². The normalized spacial score (nSPS) is 13.6. The number of nitrogens with two attached hydrogens (primary N) is 1. The van der Waals surface area contributed by atoms with E-state index in [0.717, 1.165) is 5.75 Å². The van der Waals surface area contributed by atoms with E-state index in [9.17, 15) is 14.7 Å². The molecular formula is C13H17ClN2O3S. The number of aliphatic carboxylic acids is 1. The molecule has 0 spiro atoms. The zero-order valence-electron chi connectivity index (χ0n) is 11.0. The van der Waals surface area contributed by atoms with E-state index >= 15 is 0 Å². The van der Waals surface area contributed by atoms with Crippen molar-refractivity contribution in [3.63, 3.8) is 0 Å². The summed E-state index contributed by atoms with van der Waals surface area (Å²) in [5.74, 6) is -0.937. The molecule has 0 unspecified atom stereocenters. The molecule has 0 aromatic heterocycles. The first kappa shape index (κ1) is 16.8. The third kappa shape index (κ3) is 4.70. The Hall–Kier alpha value is -1.24. The third-order valence-electron chi connectivity index (χ3n) is 2.72. The molecule has 0 aliphatic carbocycles. The molecule has 0 saturated heterocycles. The molecule has 2 atom stereocenters. The SMILES string of the molecule is CSCC[C@@H](N)C(=O)N[C@@H](C(=O)O)c1ccccc1Cl. The Morgan fingerprint density at radius 1 is 1.45 bits per heavy atom. The van der Waals surface area contributed by atoms with Gasteiger partial charge in [0, 0.05) is 10.6 Å². The van der Waals surface area contributed by atoms with E-state index < -0.39 is 24.0 Å². The molecule has 20 heavy (non-hydrogen) atoms. The maximum Gasteiger partial charge on any atom is 0.330 e. The summed E-state index contributed by atoms with van der Waals surface area (Å²) in [5, 5.41) is 12.0. The topological polar surface area (TPSA) is 92.4 Å². The fraction of sp³-hybridized carbons (Fsp3) is 0.385. The minimum Gasteiger partial charge on any atom is -0.479 e. The van der Waals surface area contributed by atoms with Crippen molar-refractivity contribution in [1.29, 1.82) is 0 Å². The lowest BCUT2D eigenvalue weighted by molar-refractivity contribution is -0.142. The Morgan fingerprint density at radius 2 is 2.10 bits per heavy atom. The highest BCUT2D eigenvalue weighted by Gasteiger charge is 2.26. The summed E-state index contributed by atoms with van der Waals surface area (Å²) in [4.78, 5) is 23.2. The van der Waals surface area contributed by atoms with Gasteiger partial charge < -0.3 is 16.2 Å². The van der Waals surface area contributed by atoms with Gasteiger partial charge in [0.1, 0.15) is 0 Å². The van der Waals surface area contributed by atoms with Crippen LogP contribution >= 0.6 is 23.4 Å². The van der Waals surface area contributed by atoms with Crippen molar-refractivity contribution in [3.8, 4) is 0 Å². The number of halogens is 1. The third-order valence-corrected chi connectivity index (χ3v) is 3.71. The van der Waals surface area contributed by atoms with Gasteiger partial charge in [-0.2, -0.15) is 11.8 Å². The van der Waals surface area contributed by atoms with Gasteiger partial charge in [0.15, 0.2) is 6.04 Å². The van der Waals surface area contributed by atoms with Crippen molar-refractivity contribution in [3.05, 3.63) is 34.9 Å². The molecule has 0 aliphatic heterocycles. The number of rotatable bonds is 7. The molecule has 1 rings (SSSR count). The highest BCUT2D eigenvalue weighted by atomic mass is 35.5. The summed E-state index contributed by atoms with van der Waals surface area (Å²) < 4.78 is 0. The first-order valence-corrected chi connectivity index (χ1v) is 7.76. The Kier molecular flexibility index (Phi) is 6.84. The highest BCUT2D eigenvalue weighted by Crippen LogP contribution is 2.23. The van der Waals surface area contributed by atoms with Gasteiger partial charge in [0.25, 0.3) is 0 Å². The number of nitrogens with one attached hydrogen (secondary N) is 1. The van der Waals surface area contributed by atoms with E-state index in [1.54, 1.807) is 36.0 Å². The Balaban J connectivity index is 2.81. The van der Waals surface area contributed by atoms with Crippen LogP contribution in [0.4, 0.5) is 0 Å². The smallest absolute Gasteiger partial charge is 0.330 e. The van der Waals surface area contributed by atoms with Gasteiger partial charge in [0.05, 0.1) is 6.04 Å². The molecule has 1 aromatic carbocycles. The number of hydrogen-bond donors (Lipinski definition) is 3. The van der Waals surface area contributed by atoms with Gasteiger partial charge in [-0.05, 0) is 24.5 Å². The van der Waals surface area contributed by atoms with Gasteiger partial charge >= 0.3 is 5.97 Å². The summed E-state index contributed by atoms with van der Waals surface area (Å²) >= 11 is 7.53. The quantitative estimate of drug-likeness (QED) is 0.711. The van der Waals surface area contributed by atoms with Crippen molar-refractivity contribution >= 4 is 35.2 Å². The van der Waals surface area contributed by atoms with Gasteiger partial charge in [0.2, 0.25) is 5.91 Å². The Morgan fingerprint density at radius 3 is 2.65 bits per heavy atom. The molecule has 0 heterocycles. The molecule has 0 fully saturated rings. The molecule has 0 saturated carbocycles. The lowest BCUT2D eigenvalue weighted by Gasteiger charge is -2.18. The van der Waals surface area contributed by atoms with Gasteiger partial charge in [-0.15, -0.1) is 0 Å². The predicted octanol–water partition coefficient (Wildman–Crippen LogP) is 1.66. The summed E-state index contributed by atoms with van der Waals surface area (Å²) in [6, 6.07) is 4.57.